The van der Waals surface area contributed by atoms with Crippen LogP contribution >= 0.6 is 0 Å². The van der Waals surface area contributed by atoms with E-state index in [1.54, 1.807) is 6.08 Å². The summed E-state index contributed by atoms with van der Waals surface area (Å²) in [5, 5.41) is 29.2. The van der Waals surface area contributed by atoms with Crippen molar-refractivity contribution in [3.05, 3.63) is 47.5 Å². The first-order valence-corrected chi connectivity index (χ1v) is 12.0. The second-order valence-corrected chi connectivity index (χ2v) is 9.89. The molecule has 0 saturated carbocycles. The average Bonchev–Trinajstić information content (AvgIpc) is 3.17. The molecule has 0 bridgehead atoms. The Balaban J connectivity index is 0.000000397. The number of allylic oxidation sites excluding steroid dienone is 1. The molecule has 1 aromatic carbocycles. The van der Waals surface area contributed by atoms with Crippen molar-refractivity contribution in [2.24, 2.45) is 0 Å². The number of aliphatic hydroxyl groups is 2. The third-order valence-corrected chi connectivity index (χ3v) is 5.87. The summed E-state index contributed by atoms with van der Waals surface area (Å²) in [7, 11) is 2.54. The molecule has 37 heavy (non-hydrogen) atoms. The lowest BCUT2D eigenvalue weighted by Crippen LogP contribution is -2.43. The minimum atomic E-state index is -1.82. The molecule has 3 N–H and O–H groups in total. The summed E-state index contributed by atoms with van der Waals surface area (Å²) in [4.78, 5) is 34.5. The maximum absolute atomic E-state index is 12.2. The van der Waals surface area contributed by atoms with Gasteiger partial charge >= 0.3 is 17.9 Å². The maximum Gasteiger partial charge on any atom is 0.338 e. The third kappa shape index (κ3) is 10.6. The maximum atomic E-state index is 12.2. The highest BCUT2D eigenvalue weighted by Gasteiger charge is 2.51. The quantitative estimate of drug-likeness (QED) is 0.224. The number of carboxylic acids is 1. The third-order valence-electron chi connectivity index (χ3n) is 5.87. The Hall–Kier alpha value is -2.79. The highest BCUT2D eigenvalue weighted by molar-refractivity contribution is 5.85. The predicted octanol–water partition coefficient (Wildman–Crippen LogP) is 3.13. The summed E-state index contributed by atoms with van der Waals surface area (Å²) in [6, 6.07) is 9.20. The SMILES string of the molecule is COC(=O)C[C@@]1(C(=O)O)CCC(C)(C)O1.COC(O)C[C@](O)(CC=C(C)C)C(=O)OCc1ccccc1. The smallest absolute Gasteiger partial charge is 0.338 e. The van der Waals surface area contributed by atoms with Crippen LogP contribution in [0.1, 0.15) is 65.4 Å². The van der Waals surface area contributed by atoms with Crippen LogP contribution in [0.5, 0.6) is 0 Å². The Morgan fingerprint density at radius 1 is 1.14 bits per heavy atom. The van der Waals surface area contributed by atoms with Crippen LogP contribution in [0.25, 0.3) is 0 Å². The molecular weight excluding hydrogens is 484 g/mol. The number of rotatable bonds is 11. The molecule has 208 valence electrons. The minimum absolute atomic E-state index is 0.0589. The number of aliphatic hydroxyl groups excluding tert-OH is 1. The monoisotopic (exact) mass is 524 g/mol. The van der Waals surface area contributed by atoms with E-state index in [1.165, 1.54) is 14.2 Å². The van der Waals surface area contributed by atoms with Crippen molar-refractivity contribution in [3.8, 4) is 0 Å². The average molecular weight is 525 g/mol. The van der Waals surface area contributed by atoms with Gasteiger partial charge in [0.1, 0.15) is 6.61 Å². The van der Waals surface area contributed by atoms with Gasteiger partial charge in [-0.2, -0.15) is 0 Å². The number of esters is 2. The molecule has 1 aromatic rings. The van der Waals surface area contributed by atoms with Crippen molar-refractivity contribution >= 4 is 17.9 Å². The predicted molar refractivity (Wildman–Crippen MR) is 134 cm³/mol. The van der Waals surface area contributed by atoms with Gasteiger partial charge in [0.15, 0.2) is 17.5 Å². The van der Waals surface area contributed by atoms with Crippen LogP contribution in [0.2, 0.25) is 0 Å². The molecule has 0 aromatic heterocycles. The molecule has 0 radical (unpaired) electrons. The van der Waals surface area contributed by atoms with Crippen LogP contribution in [0.3, 0.4) is 0 Å². The molecule has 1 unspecified atom stereocenters. The summed E-state index contributed by atoms with van der Waals surface area (Å²) >= 11 is 0. The first-order chi connectivity index (χ1) is 17.2. The number of hydrogen-bond donors (Lipinski definition) is 3. The molecule has 0 spiro atoms. The minimum Gasteiger partial charge on any atom is -0.479 e. The van der Waals surface area contributed by atoms with Gasteiger partial charge in [0.2, 0.25) is 0 Å². The van der Waals surface area contributed by atoms with E-state index in [4.69, 9.17) is 19.3 Å². The fourth-order valence-corrected chi connectivity index (χ4v) is 3.64. The Kier molecular flexibility index (Phi) is 12.4. The molecule has 1 aliphatic rings. The Bertz CT molecular complexity index is 922. The van der Waals surface area contributed by atoms with Gasteiger partial charge in [-0.25, -0.2) is 9.59 Å². The molecule has 1 heterocycles. The van der Waals surface area contributed by atoms with Crippen LogP contribution in [0.15, 0.2) is 42.0 Å². The van der Waals surface area contributed by atoms with Crippen LogP contribution in [0.4, 0.5) is 0 Å². The van der Waals surface area contributed by atoms with E-state index in [0.717, 1.165) is 11.1 Å². The Labute approximate surface area is 218 Å². The Morgan fingerprint density at radius 3 is 2.22 bits per heavy atom. The van der Waals surface area contributed by atoms with E-state index in [2.05, 4.69) is 4.74 Å². The molecule has 3 atom stereocenters. The first-order valence-electron chi connectivity index (χ1n) is 12.0. The largest absolute Gasteiger partial charge is 0.479 e. The summed E-state index contributed by atoms with van der Waals surface area (Å²) in [5.41, 5.74) is -1.93. The molecule has 0 amide bonds. The number of benzene rings is 1. The van der Waals surface area contributed by atoms with Gasteiger partial charge in [0.05, 0.1) is 19.1 Å². The van der Waals surface area contributed by atoms with E-state index in [0.29, 0.717) is 12.8 Å². The topological polar surface area (TPSA) is 149 Å². The zero-order valence-corrected chi connectivity index (χ0v) is 22.5. The van der Waals surface area contributed by atoms with Gasteiger partial charge in [-0.15, -0.1) is 0 Å². The lowest BCUT2D eigenvalue weighted by Gasteiger charge is -2.26. The van der Waals surface area contributed by atoms with Crippen molar-refractivity contribution in [1.82, 2.24) is 0 Å². The molecule has 1 aliphatic heterocycles. The second-order valence-electron chi connectivity index (χ2n) is 9.89. The van der Waals surface area contributed by atoms with Crippen molar-refractivity contribution in [3.63, 3.8) is 0 Å². The second kappa shape index (κ2) is 14.2. The van der Waals surface area contributed by atoms with Crippen LogP contribution < -0.4 is 0 Å². The molecule has 2 rings (SSSR count). The van der Waals surface area contributed by atoms with Gasteiger partial charge in [-0.1, -0.05) is 42.0 Å². The number of hydrogen-bond acceptors (Lipinski definition) is 9. The number of methoxy groups -OCH3 is 2. The van der Waals surface area contributed by atoms with Gasteiger partial charge < -0.3 is 34.3 Å². The molecule has 10 nitrogen and oxygen atoms in total. The normalized spacial score (nSPS) is 20.4. The van der Waals surface area contributed by atoms with Crippen LogP contribution in [0, 0.1) is 0 Å². The lowest BCUT2D eigenvalue weighted by atomic mass is 9.94. The zero-order valence-electron chi connectivity index (χ0n) is 22.5. The van der Waals surface area contributed by atoms with Crippen molar-refractivity contribution in [2.75, 3.05) is 14.2 Å². The summed E-state index contributed by atoms with van der Waals surface area (Å²) in [5.74, 6) is -2.43. The molecule has 1 fully saturated rings. The molecule has 1 saturated heterocycles. The van der Waals surface area contributed by atoms with Gasteiger partial charge in [0, 0.05) is 20.0 Å². The van der Waals surface area contributed by atoms with E-state index in [-0.39, 0.29) is 25.9 Å². The first kappa shape index (κ1) is 32.2. The van der Waals surface area contributed by atoms with Crippen molar-refractivity contribution < 1.29 is 48.7 Å². The van der Waals surface area contributed by atoms with Crippen LogP contribution in [-0.2, 0) is 39.9 Å². The van der Waals surface area contributed by atoms with Gasteiger partial charge in [-0.05, 0) is 46.1 Å². The van der Waals surface area contributed by atoms with Crippen molar-refractivity contribution in [2.45, 2.75) is 89.5 Å². The molecule has 10 heteroatoms. The zero-order chi connectivity index (χ0) is 28.3. The number of carboxylic acid groups (broad SMARTS) is 1. The fourth-order valence-electron chi connectivity index (χ4n) is 3.64. The fraction of sp³-hybridized carbons (Fsp3) is 0.593. The summed E-state index contributed by atoms with van der Waals surface area (Å²) in [6.45, 7) is 7.43. The number of carbonyl (C=O) groups excluding carboxylic acids is 2. The summed E-state index contributed by atoms with van der Waals surface area (Å²) < 4.78 is 19.9. The van der Waals surface area contributed by atoms with Crippen LogP contribution in [-0.4, -0.2) is 70.5 Å². The summed E-state index contributed by atoms with van der Waals surface area (Å²) in [6.07, 6.45) is 1.03. The highest BCUT2D eigenvalue weighted by Crippen LogP contribution is 2.40. The Morgan fingerprint density at radius 2 is 1.76 bits per heavy atom. The highest BCUT2D eigenvalue weighted by atomic mass is 16.6. The van der Waals surface area contributed by atoms with Gasteiger partial charge in [-0.3, -0.25) is 4.79 Å². The van der Waals surface area contributed by atoms with E-state index >= 15 is 0 Å². The molecular formula is C27H40O10. The van der Waals surface area contributed by atoms with Gasteiger partial charge in [0.25, 0.3) is 0 Å². The van der Waals surface area contributed by atoms with E-state index in [9.17, 15) is 24.6 Å². The number of carbonyl (C=O) groups is 3. The van der Waals surface area contributed by atoms with E-state index < -0.39 is 41.0 Å². The number of aliphatic carboxylic acids is 1. The lowest BCUT2D eigenvalue weighted by molar-refractivity contribution is -0.180. The molecule has 0 aliphatic carbocycles. The standard InChI is InChI=1S/C17H24O5.C10H16O5/c1-13(2)9-10-17(20,11-15(18)21-3)16(19)22-12-14-7-5-4-6-8-14;1-9(2)4-5-10(15-9,8(12)13)6-7(11)14-3/h4-9,15,18,20H,10-12H2,1-3H3;4-6H2,1-3H3,(H,12,13)/t15?,17-;10-/m11/s1. The number of ether oxygens (including phenoxy) is 4. The van der Waals surface area contributed by atoms with E-state index in [1.807, 2.05) is 58.0 Å². The van der Waals surface area contributed by atoms with Crippen molar-refractivity contribution in [1.29, 1.82) is 0 Å².